The number of anilines is 1. The number of aryl methyl sites for hydroxylation is 2. The van der Waals surface area contributed by atoms with E-state index in [1.54, 1.807) is 0 Å². The highest BCUT2D eigenvalue weighted by molar-refractivity contribution is 7.99. The highest BCUT2D eigenvalue weighted by Crippen LogP contribution is 2.51. The molecule has 26 heavy (non-hydrogen) atoms. The molecule has 0 saturated heterocycles. The number of hydrogen-bond acceptors (Lipinski definition) is 4. The zero-order valence-electron chi connectivity index (χ0n) is 15.1. The zero-order chi connectivity index (χ0) is 18.1. The van der Waals surface area contributed by atoms with E-state index in [2.05, 4.69) is 16.1 Å². The third kappa shape index (κ3) is 3.90. The molecular weight excluding hydrogens is 347 g/mol. The van der Waals surface area contributed by atoms with Crippen molar-refractivity contribution in [2.24, 2.45) is 0 Å². The Hall–Kier alpha value is -1.18. The molecule has 1 aromatic carbocycles. The Morgan fingerprint density at radius 3 is 2.35 bits per heavy atom. The van der Waals surface area contributed by atoms with Crippen LogP contribution in [0.3, 0.4) is 0 Å². The van der Waals surface area contributed by atoms with Gasteiger partial charge in [0, 0.05) is 10.4 Å². The maximum absolute atomic E-state index is 12.5. The van der Waals surface area contributed by atoms with Crippen molar-refractivity contribution >= 4 is 30.8 Å². The predicted molar refractivity (Wildman–Crippen MR) is 106 cm³/mol. The second-order valence-electron chi connectivity index (χ2n) is 7.95. The number of fused-ring (bicyclic) bond motifs is 2. The molecule has 0 aliphatic heterocycles. The van der Waals surface area contributed by atoms with Crippen molar-refractivity contribution in [1.82, 2.24) is 4.72 Å². The second kappa shape index (κ2) is 7.45. The fraction of sp³-hybridized carbons (Fsp3) is 0.632. The first-order chi connectivity index (χ1) is 12.6. The van der Waals surface area contributed by atoms with Crippen LogP contribution in [0.2, 0.25) is 6.32 Å². The molecule has 4 rings (SSSR count). The van der Waals surface area contributed by atoms with Crippen LogP contribution >= 0.6 is 11.9 Å². The number of nitrogens with one attached hydrogen (secondary N) is 2. The van der Waals surface area contributed by atoms with Crippen molar-refractivity contribution in [3.8, 4) is 0 Å². The van der Waals surface area contributed by atoms with Crippen molar-refractivity contribution in [1.29, 1.82) is 0 Å². The van der Waals surface area contributed by atoms with Gasteiger partial charge in [-0.1, -0.05) is 12.5 Å². The van der Waals surface area contributed by atoms with Gasteiger partial charge in [0.1, 0.15) is 0 Å². The van der Waals surface area contributed by atoms with Crippen LogP contribution in [0.15, 0.2) is 6.07 Å². The predicted octanol–water partition coefficient (Wildman–Crippen LogP) is 3.22. The van der Waals surface area contributed by atoms with E-state index in [1.165, 1.54) is 47.0 Å². The highest BCUT2D eigenvalue weighted by Gasteiger charge is 2.43. The first kappa shape index (κ1) is 18.2. The Morgan fingerprint density at radius 1 is 1.12 bits per heavy atom. The maximum atomic E-state index is 12.5. The van der Waals surface area contributed by atoms with Crippen LogP contribution < -0.4 is 10.0 Å². The summed E-state index contributed by atoms with van der Waals surface area (Å²) in [6.07, 6.45) is 11.0. The largest absolute Gasteiger partial charge is 0.451 e. The van der Waals surface area contributed by atoms with E-state index in [1.807, 2.05) is 0 Å². The average Bonchev–Trinajstić information content (AvgIpc) is 3.00. The van der Waals surface area contributed by atoms with Gasteiger partial charge in [-0.15, -0.1) is 0 Å². The number of urea groups is 1. The van der Waals surface area contributed by atoms with E-state index >= 15 is 0 Å². The van der Waals surface area contributed by atoms with Gasteiger partial charge in [-0.05, 0) is 98.3 Å². The van der Waals surface area contributed by atoms with Gasteiger partial charge < -0.3 is 15.4 Å². The molecular formula is C19H27BN2O3S. The van der Waals surface area contributed by atoms with Gasteiger partial charge in [0.05, 0.1) is 0 Å². The molecule has 0 radical (unpaired) electrons. The smallest absolute Gasteiger partial charge is 0.427 e. The number of rotatable bonds is 7. The quantitative estimate of drug-likeness (QED) is 0.436. The lowest BCUT2D eigenvalue weighted by Gasteiger charge is -2.18. The zero-order valence-corrected chi connectivity index (χ0v) is 16.0. The highest BCUT2D eigenvalue weighted by atomic mass is 32.2. The Labute approximate surface area is 159 Å². The fourth-order valence-corrected chi connectivity index (χ4v) is 5.32. The van der Waals surface area contributed by atoms with E-state index in [-0.39, 0.29) is 10.8 Å². The lowest BCUT2D eigenvalue weighted by Crippen LogP contribution is -2.27. The monoisotopic (exact) mass is 374 g/mol. The summed E-state index contributed by atoms with van der Waals surface area (Å²) in [6, 6.07) is 2.25. The molecule has 2 amide bonds. The van der Waals surface area contributed by atoms with Crippen molar-refractivity contribution in [3.05, 3.63) is 28.3 Å². The summed E-state index contributed by atoms with van der Waals surface area (Å²) < 4.78 is 3.09. The molecule has 4 N–H and O–H groups in total. The summed E-state index contributed by atoms with van der Waals surface area (Å²) in [5, 5.41) is 21.1. The standard InChI is InChI=1S/C19H27BN2O3S/c23-18(22-26-19(9-10-19)8-3-11-20(24)25)21-17-15-6-1-4-13(15)12-14-5-2-7-16(14)17/h12,24-25H,1-11H2,(H2,21,22,23). The van der Waals surface area contributed by atoms with E-state index in [0.29, 0.717) is 6.32 Å². The summed E-state index contributed by atoms with van der Waals surface area (Å²) in [6.45, 7) is 0. The Morgan fingerprint density at radius 2 is 1.77 bits per heavy atom. The van der Waals surface area contributed by atoms with E-state index < -0.39 is 7.12 Å². The molecule has 7 heteroatoms. The van der Waals surface area contributed by atoms with Crippen LogP contribution in [0.5, 0.6) is 0 Å². The molecule has 0 unspecified atom stereocenters. The van der Waals surface area contributed by atoms with Gasteiger partial charge in [-0.2, -0.15) is 0 Å². The first-order valence-corrected chi connectivity index (χ1v) is 10.7. The van der Waals surface area contributed by atoms with Crippen LogP contribution in [-0.2, 0) is 25.7 Å². The lowest BCUT2D eigenvalue weighted by atomic mass is 9.83. The summed E-state index contributed by atoms with van der Waals surface area (Å²) >= 11 is 1.51. The number of benzene rings is 1. The van der Waals surface area contributed by atoms with E-state index in [9.17, 15) is 4.79 Å². The number of hydrogen-bond donors (Lipinski definition) is 4. The van der Waals surface area contributed by atoms with E-state index in [0.717, 1.165) is 57.1 Å². The first-order valence-electron chi connectivity index (χ1n) is 9.84. The SMILES string of the molecule is O=C(NSC1(CCCB(O)O)CC1)Nc1c2c(cc3c1CCC3)CCC2. The Kier molecular flexibility index (Phi) is 5.21. The number of carbonyl (C=O) groups excluding carboxylic acids is 1. The summed E-state index contributed by atoms with van der Waals surface area (Å²) in [5.41, 5.74) is 6.64. The van der Waals surface area contributed by atoms with Crippen molar-refractivity contribution < 1.29 is 14.8 Å². The number of carbonyl (C=O) groups is 1. The van der Waals surface area contributed by atoms with Crippen LogP contribution in [0.25, 0.3) is 0 Å². The van der Waals surface area contributed by atoms with Gasteiger partial charge in [-0.25, -0.2) is 4.79 Å². The summed E-state index contributed by atoms with van der Waals surface area (Å²) in [4.78, 5) is 12.5. The topological polar surface area (TPSA) is 81.6 Å². The fourth-order valence-electron chi connectivity index (χ4n) is 4.41. The molecule has 5 nitrogen and oxygen atoms in total. The minimum Gasteiger partial charge on any atom is -0.427 e. The van der Waals surface area contributed by atoms with Crippen LogP contribution in [0.4, 0.5) is 10.5 Å². The molecule has 1 fully saturated rings. The molecule has 0 atom stereocenters. The molecule has 0 aromatic heterocycles. The third-order valence-electron chi connectivity index (χ3n) is 5.97. The molecule has 1 saturated carbocycles. The van der Waals surface area contributed by atoms with Crippen LogP contribution in [0, 0.1) is 0 Å². The van der Waals surface area contributed by atoms with Crippen LogP contribution in [-0.4, -0.2) is 27.9 Å². The maximum Gasteiger partial charge on any atom is 0.451 e. The summed E-state index contributed by atoms with van der Waals surface area (Å²) in [7, 11) is -1.23. The Bertz CT molecular complexity index is 674. The lowest BCUT2D eigenvalue weighted by molar-refractivity contribution is 0.257. The van der Waals surface area contributed by atoms with Gasteiger partial charge in [0.25, 0.3) is 0 Å². The molecule has 140 valence electrons. The van der Waals surface area contributed by atoms with Crippen LogP contribution in [0.1, 0.15) is 60.8 Å². The molecule has 0 bridgehead atoms. The van der Waals surface area contributed by atoms with Crippen molar-refractivity contribution in [2.75, 3.05) is 5.32 Å². The average molecular weight is 374 g/mol. The molecule has 3 aliphatic carbocycles. The molecule has 1 aromatic rings. The van der Waals surface area contributed by atoms with Crippen molar-refractivity contribution in [3.63, 3.8) is 0 Å². The molecule has 0 heterocycles. The molecule has 0 spiro atoms. The van der Waals surface area contributed by atoms with Gasteiger partial charge in [0.15, 0.2) is 0 Å². The molecule has 3 aliphatic rings. The van der Waals surface area contributed by atoms with E-state index in [4.69, 9.17) is 10.0 Å². The van der Waals surface area contributed by atoms with Gasteiger partial charge in [-0.3, -0.25) is 4.72 Å². The summed E-state index contributed by atoms with van der Waals surface area (Å²) in [5.74, 6) is 0. The third-order valence-corrected chi connectivity index (χ3v) is 7.31. The minimum atomic E-state index is -1.23. The van der Waals surface area contributed by atoms with Gasteiger partial charge >= 0.3 is 13.1 Å². The number of amides is 2. The normalized spacial score (nSPS) is 19.0. The Balaban J connectivity index is 1.36. The van der Waals surface area contributed by atoms with Gasteiger partial charge in [0.2, 0.25) is 0 Å². The minimum absolute atomic E-state index is 0.0901. The van der Waals surface area contributed by atoms with Crippen molar-refractivity contribution in [2.45, 2.75) is 75.3 Å². The second-order valence-corrected chi connectivity index (χ2v) is 9.22.